The molecule has 2 nitrogen and oxygen atoms in total. The van der Waals surface area contributed by atoms with Crippen molar-refractivity contribution >= 4 is 0 Å². The molecule has 0 aromatic carbocycles. The average molecular weight is 263 g/mol. The third-order valence-corrected chi connectivity index (χ3v) is 4.01. The van der Waals surface area contributed by atoms with E-state index >= 15 is 0 Å². The van der Waals surface area contributed by atoms with Gasteiger partial charge in [0.05, 0.1) is 6.10 Å². The number of likely N-dealkylation sites (N-methyl/N-ethyl adjacent to an activating group) is 1. The second kappa shape index (κ2) is 9.11. The van der Waals surface area contributed by atoms with Crippen LogP contribution in [0.15, 0.2) is 36.5 Å². The number of aliphatic hydroxyl groups is 1. The molecular weight excluding hydrogens is 234 g/mol. The lowest BCUT2D eigenvalue weighted by Crippen LogP contribution is -2.48. The maximum atomic E-state index is 9.79. The predicted molar refractivity (Wildman–Crippen MR) is 83.2 cm³/mol. The van der Waals surface area contributed by atoms with Crippen LogP contribution in [0.4, 0.5) is 0 Å². The molecule has 0 aliphatic carbocycles. The maximum Gasteiger partial charge on any atom is 0.0693 e. The van der Waals surface area contributed by atoms with Crippen molar-refractivity contribution in [1.29, 1.82) is 0 Å². The predicted octanol–water partition coefficient (Wildman–Crippen LogP) is 3.69. The van der Waals surface area contributed by atoms with Crippen LogP contribution >= 0.6 is 0 Å². The summed E-state index contributed by atoms with van der Waals surface area (Å²) < 4.78 is 0. The van der Waals surface area contributed by atoms with Crippen molar-refractivity contribution in [3.05, 3.63) is 36.5 Å². The molecule has 1 heterocycles. The van der Waals surface area contributed by atoms with Crippen LogP contribution < -0.4 is 0 Å². The number of hydrogen-bond acceptors (Lipinski definition) is 2. The summed E-state index contributed by atoms with van der Waals surface area (Å²) in [5.41, 5.74) is 0. The first kappa shape index (κ1) is 16.2. The lowest BCUT2D eigenvalue weighted by atomic mass is 9.94. The fourth-order valence-corrected chi connectivity index (χ4v) is 2.41. The fraction of sp³-hybridized carbons (Fsp3) is 0.647. The van der Waals surface area contributed by atoms with Crippen molar-refractivity contribution in [3.8, 4) is 0 Å². The van der Waals surface area contributed by atoms with Gasteiger partial charge in [-0.1, -0.05) is 56.2 Å². The van der Waals surface area contributed by atoms with E-state index in [1.165, 1.54) is 19.3 Å². The van der Waals surface area contributed by atoms with E-state index in [0.717, 1.165) is 12.8 Å². The quantitative estimate of drug-likeness (QED) is 0.583. The highest BCUT2D eigenvalue weighted by atomic mass is 16.3. The van der Waals surface area contributed by atoms with Crippen LogP contribution in [0.1, 0.15) is 46.0 Å². The van der Waals surface area contributed by atoms with Gasteiger partial charge in [0, 0.05) is 12.1 Å². The van der Waals surface area contributed by atoms with Crippen LogP contribution in [0.25, 0.3) is 0 Å². The van der Waals surface area contributed by atoms with Crippen molar-refractivity contribution in [3.63, 3.8) is 0 Å². The van der Waals surface area contributed by atoms with Gasteiger partial charge >= 0.3 is 0 Å². The van der Waals surface area contributed by atoms with Crippen molar-refractivity contribution in [2.75, 3.05) is 7.05 Å². The first-order chi connectivity index (χ1) is 9.16. The van der Waals surface area contributed by atoms with Gasteiger partial charge in [0.1, 0.15) is 0 Å². The monoisotopic (exact) mass is 263 g/mol. The van der Waals surface area contributed by atoms with Crippen molar-refractivity contribution in [1.82, 2.24) is 4.90 Å². The fourth-order valence-electron chi connectivity index (χ4n) is 2.41. The van der Waals surface area contributed by atoms with Crippen LogP contribution in [0.3, 0.4) is 0 Å². The molecule has 2 heteroatoms. The molecule has 3 atom stereocenters. The second-order valence-corrected chi connectivity index (χ2v) is 5.46. The minimum absolute atomic E-state index is 0.174. The van der Waals surface area contributed by atoms with Crippen molar-refractivity contribution in [2.45, 2.75) is 64.1 Å². The van der Waals surface area contributed by atoms with E-state index in [4.69, 9.17) is 0 Å². The lowest BCUT2D eigenvalue weighted by molar-refractivity contribution is 0.0153. The Morgan fingerprint density at radius 2 is 1.89 bits per heavy atom. The highest BCUT2D eigenvalue weighted by Crippen LogP contribution is 2.22. The summed E-state index contributed by atoms with van der Waals surface area (Å²) in [7, 11) is 2.09. The van der Waals surface area contributed by atoms with E-state index < -0.39 is 0 Å². The zero-order valence-corrected chi connectivity index (χ0v) is 12.6. The zero-order chi connectivity index (χ0) is 14.1. The van der Waals surface area contributed by atoms with Gasteiger partial charge in [0.2, 0.25) is 0 Å². The highest BCUT2D eigenvalue weighted by Gasteiger charge is 2.28. The molecule has 1 aliphatic rings. The van der Waals surface area contributed by atoms with Gasteiger partial charge in [-0.2, -0.15) is 0 Å². The molecule has 1 rings (SSSR count). The molecule has 1 fully saturated rings. The second-order valence-electron chi connectivity index (χ2n) is 5.46. The molecule has 0 radical (unpaired) electrons. The summed E-state index contributed by atoms with van der Waals surface area (Å²) in [5, 5.41) is 9.79. The smallest absolute Gasteiger partial charge is 0.0693 e. The number of aliphatic hydroxyl groups excluding tert-OH is 1. The Hall–Kier alpha value is -0.860. The third-order valence-electron chi connectivity index (χ3n) is 4.01. The molecule has 0 spiro atoms. The summed E-state index contributed by atoms with van der Waals surface area (Å²) >= 11 is 0. The topological polar surface area (TPSA) is 23.5 Å². The average Bonchev–Trinajstić information content (AvgIpc) is 2.41. The SMILES string of the molecule is CCCC/C=C/C=C/C=C/C1CC[C@@H](O)C(C)N1C. The Bertz CT molecular complexity index is 319. The van der Waals surface area contributed by atoms with Gasteiger partial charge in [-0.05, 0) is 33.2 Å². The van der Waals surface area contributed by atoms with Gasteiger partial charge in [0.15, 0.2) is 0 Å². The molecule has 0 bridgehead atoms. The molecule has 0 saturated carbocycles. The van der Waals surface area contributed by atoms with Crippen molar-refractivity contribution in [2.24, 2.45) is 0 Å². The number of likely N-dealkylation sites (tertiary alicyclic amines) is 1. The molecule has 0 aromatic heterocycles. The molecular formula is C17H29NO. The molecule has 2 unspecified atom stereocenters. The number of unbranched alkanes of at least 4 members (excludes halogenated alkanes) is 2. The minimum atomic E-state index is -0.174. The molecule has 1 saturated heterocycles. The molecule has 1 N–H and O–H groups in total. The Morgan fingerprint density at radius 3 is 2.63 bits per heavy atom. The molecule has 19 heavy (non-hydrogen) atoms. The van der Waals surface area contributed by atoms with Crippen molar-refractivity contribution < 1.29 is 5.11 Å². The Kier molecular flexibility index (Phi) is 7.76. The van der Waals surface area contributed by atoms with Crippen LogP contribution in [-0.2, 0) is 0 Å². The first-order valence-corrected chi connectivity index (χ1v) is 7.56. The summed E-state index contributed by atoms with van der Waals surface area (Å²) in [6.07, 6.45) is 18.3. The number of rotatable bonds is 6. The number of nitrogens with zero attached hydrogens (tertiary/aromatic N) is 1. The van der Waals surface area contributed by atoms with Crippen LogP contribution in [0, 0.1) is 0 Å². The lowest BCUT2D eigenvalue weighted by Gasteiger charge is -2.39. The molecule has 1 aliphatic heterocycles. The van der Waals surface area contributed by atoms with Gasteiger partial charge in [-0.15, -0.1) is 0 Å². The summed E-state index contributed by atoms with van der Waals surface area (Å²) in [6.45, 7) is 4.31. The minimum Gasteiger partial charge on any atom is -0.392 e. The molecule has 108 valence electrons. The van der Waals surface area contributed by atoms with Gasteiger partial charge in [0.25, 0.3) is 0 Å². The van der Waals surface area contributed by atoms with E-state index in [9.17, 15) is 5.11 Å². The Labute approximate surface area is 118 Å². The van der Waals surface area contributed by atoms with Crippen LogP contribution in [0.5, 0.6) is 0 Å². The summed E-state index contributed by atoms with van der Waals surface area (Å²) in [5.74, 6) is 0. The highest BCUT2D eigenvalue weighted by molar-refractivity contribution is 5.13. The standard InChI is InChI=1S/C17H29NO/c1-4-5-6-7-8-9-10-11-12-16-13-14-17(19)15(2)18(16)3/h7-12,15-17,19H,4-6,13-14H2,1-3H3/b8-7+,10-9+,12-11+/t15?,16?,17-/m1/s1. The van der Waals surface area contributed by atoms with E-state index in [1.807, 2.05) is 0 Å². The van der Waals surface area contributed by atoms with Gasteiger partial charge in [-0.25, -0.2) is 0 Å². The first-order valence-electron chi connectivity index (χ1n) is 7.56. The normalized spacial score (nSPS) is 30.0. The Morgan fingerprint density at radius 1 is 1.16 bits per heavy atom. The van der Waals surface area contributed by atoms with Crippen LogP contribution in [0.2, 0.25) is 0 Å². The maximum absolute atomic E-state index is 9.79. The zero-order valence-electron chi connectivity index (χ0n) is 12.6. The van der Waals surface area contributed by atoms with Gasteiger partial charge < -0.3 is 5.11 Å². The largest absolute Gasteiger partial charge is 0.392 e. The third kappa shape index (κ3) is 5.75. The van der Waals surface area contributed by atoms with E-state index in [2.05, 4.69) is 62.3 Å². The van der Waals surface area contributed by atoms with Crippen LogP contribution in [-0.4, -0.2) is 35.2 Å². The number of allylic oxidation sites excluding steroid dienone is 5. The summed E-state index contributed by atoms with van der Waals surface area (Å²) in [4.78, 5) is 2.26. The summed E-state index contributed by atoms with van der Waals surface area (Å²) in [6, 6.07) is 0.702. The molecule has 0 amide bonds. The number of piperidine rings is 1. The number of hydrogen-bond donors (Lipinski definition) is 1. The van der Waals surface area contributed by atoms with E-state index in [1.54, 1.807) is 0 Å². The Balaban J connectivity index is 2.32. The van der Waals surface area contributed by atoms with Gasteiger partial charge in [-0.3, -0.25) is 4.90 Å². The van der Waals surface area contributed by atoms with E-state index in [-0.39, 0.29) is 12.1 Å². The molecule has 0 aromatic rings. The van der Waals surface area contributed by atoms with E-state index in [0.29, 0.717) is 6.04 Å².